The van der Waals surface area contributed by atoms with Crippen molar-refractivity contribution in [2.24, 2.45) is 5.92 Å². The minimum absolute atomic E-state index is 0. The summed E-state index contributed by atoms with van der Waals surface area (Å²) in [5, 5.41) is 8.03. The van der Waals surface area contributed by atoms with E-state index < -0.39 is 0 Å². The largest absolute Gasteiger partial charge is 0.314 e. The lowest BCUT2D eigenvalue weighted by molar-refractivity contribution is 0.190. The van der Waals surface area contributed by atoms with Crippen molar-refractivity contribution in [2.75, 3.05) is 19.6 Å². The van der Waals surface area contributed by atoms with Crippen molar-refractivity contribution >= 4 is 12.4 Å². The second-order valence-electron chi connectivity index (χ2n) is 7.02. The Balaban J connectivity index is 0.00000169. The van der Waals surface area contributed by atoms with Gasteiger partial charge >= 0.3 is 0 Å². The lowest BCUT2D eigenvalue weighted by atomic mass is 10.0. The first-order valence-electron chi connectivity index (χ1n) is 8.91. The van der Waals surface area contributed by atoms with E-state index in [-0.39, 0.29) is 12.4 Å². The van der Waals surface area contributed by atoms with Gasteiger partial charge in [-0.1, -0.05) is 12.1 Å². The Morgan fingerprint density at radius 3 is 2.42 bits per heavy atom. The third-order valence-electron chi connectivity index (χ3n) is 5.09. The van der Waals surface area contributed by atoms with Gasteiger partial charge in [-0.3, -0.25) is 4.90 Å². The number of likely N-dealkylation sites (tertiary alicyclic amines) is 1. The summed E-state index contributed by atoms with van der Waals surface area (Å²) in [7, 11) is 0. The van der Waals surface area contributed by atoms with Gasteiger partial charge in [0.2, 0.25) is 0 Å². The molecule has 1 aliphatic heterocycles. The molecule has 4 nitrogen and oxygen atoms in total. The van der Waals surface area contributed by atoms with Gasteiger partial charge in [-0.2, -0.15) is 5.10 Å². The Morgan fingerprint density at radius 1 is 1.04 bits per heavy atom. The van der Waals surface area contributed by atoms with Gasteiger partial charge in [0.05, 0.1) is 5.69 Å². The van der Waals surface area contributed by atoms with Crippen LogP contribution in [-0.4, -0.2) is 40.4 Å². The quantitative estimate of drug-likeness (QED) is 0.871. The molecular formula is C19H27ClN4. The summed E-state index contributed by atoms with van der Waals surface area (Å²) in [5.74, 6) is 0.987. The number of hydrogen-bond acceptors (Lipinski definition) is 3. The maximum absolute atomic E-state index is 4.27. The van der Waals surface area contributed by atoms with E-state index in [1.807, 2.05) is 23.1 Å². The highest BCUT2D eigenvalue weighted by molar-refractivity contribution is 5.85. The molecule has 2 aromatic rings. The molecule has 1 aromatic carbocycles. The second kappa shape index (κ2) is 8.15. The summed E-state index contributed by atoms with van der Waals surface area (Å²) < 4.78 is 1.90. The van der Waals surface area contributed by atoms with Crippen LogP contribution in [0.1, 0.15) is 31.2 Å². The average molecular weight is 347 g/mol. The fourth-order valence-corrected chi connectivity index (χ4v) is 3.38. The van der Waals surface area contributed by atoms with Crippen molar-refractivity contribution in [1.29, 1.82) is 0 Å². The molecule has 2 fully saturated rings. The molecule has 4 rings (SSSR count). The van der Waals surface area contributed by atoms with Crippen molar-refractivity contribution in [2.45, 2.75) is 38.3 Å². The van der Waals surface area contributed by atoms with E-state index in [1.54, 1.807) is 0 Å². The van der Waals surface area contributed by atoms with E-state index in [0.29, 0.717) is 0 Å². The van der Waals surface area contributed by atoms with Crippen LogP contribution >= 0.6 is 12.4 Å². The third kappa shape index (κ3) is 4.59. The van der Waals surface area contributed by atoms with E-state index in [9.17, 15) is 0 Å². The highest BCUT2D eigenvalue weighted by Crippen LogP contribution is 2.28. The molecule has 24 heavy (non-hydrogen) atoms. The number of piperidine rings is 1. The monoisotopic (exact) mass is 346 g/mol. The molecule has 0 amide bonds. The van der Waals surface area contributed by atoms with Gasteiger partial charge in [0, 0.05) is 25.0 Å². The molecule has 1 N–H and O–H groups in total. The van der Waals surface area contributed by atoms with Crippen molar-refractivity contribution < 1.29 is 0 Å². The van der Waals surface area contributed by atoms with Crippen LogP contribution in [0.4, 0.5) is 0 Å². The Bertz CT molecular complexity index is 599. The van der Waals surface area contributed by atoms with E-state index >= 15 is 0 Å². The summed E-state index contributed by atoms with van der Waals surface area (Å²) in [6.07, 6.45) is 9.26. The molecule has 1 aliphatic carbocycles. The molecule has 0 bridgehead atoms. The number of rotatable bonds is 6. The number of benzene rings is 1. The summed E-state index contributed by atoms with van der Waals surface area (Å²) in [5.41, 5.74) is 2.52. The first-order valence-corrected chi connectivity index (χ1v) is 8.91. The van der Waals surface area contributed by atoms with Crippen LogP contribution in [0.5, 0.6) is 0 Å². The lowest BCUT2D eigenvalue weighted by Crippen LogP contribution is -2.42. The molecule has 1 saturated carbocycles. The van der Waals surface area contributed by atoms with E-state index in [4.69, 9.17) is 0 Å². The molecule has 1 saturated heterocycles. The normalized spacial score (nSPS) is 19.2. The fraction of sp³-hybridized carbons (Fsp3) is 0.526. The Morgan fingerprint density at radius 2 is 1.79 bits per heavy atom. The zero-order valence-electron chi connectivity index (χ0n) is 14.1. The fourth-order valence-electron chi connectivity index (χ4n) is 3.38. The van der Waals surface area contributed by atoms with E-state index in [0.717, 1.165) is 24.2 Å². The SMILES string of the molecule is Cl.c1cnn(-c2ccc(CN3CCC(NCC4CC4)CC3)cc2)c1. The molecule has 0 radical (unpaired) electrons. The van der Waals surface area contributed by atoms with Crippen LogP contribution in [0.25, 0.3) is 5.69 Å². The van der Waals surface area contributed by atoms with E-state index in [2.05, 4.69) is 39.6 Å². The van der Waals surface area contributed by atoms with Gasteiger partial charge in [0.1, 0.15) is 0 Å². The third-order valence-corrected chi connectivity index (χ3v) is 5.09. The van der Waals surface area contributed by atoms with Crippen LogP contribution in [-0.2, 0) is 6.54 Å². The second-order valence-corrected chi connectivity index (χ2v) is 7.02. The number of nitrogens with zero attached hydrogens (tertiary/aromatic N) is 3. The van der Waals surface area contributed by atoms with Crippen LogP contribution in [0.15, 0.2) is 42.7 Å². The van der Waals surface area contributed by atoms with Gasteiger partial charge in [0.15, 0.2) is 0 Å². The topological polar surface area (TPSA) is 33.1 Å². The van der Waals surface area contributed by atoms with Gasteiger partial charge < -0.3 is 5.32 Å². The van der Waals surface area contributed by atoms with Crippen LogP contribution in [0.2, 0.25) is 0 Å². The first kappa shape index (κ1) is 17.5. The van der Waals surface area contributed by atoms with Gasteiger partial charge in [0.25, 0.3) is 0 Å². The molecule has 0 unspecified atom stereocenters. The minimum atomic E-state index is 0. The van der Waals surface area contributed by atoms with Crippen LogP contribution in [0, 0.1) is 5.92 Å². The highest BCUT2D eigenvalue weighted by Gasteiger charge is 2.24. The first-order chi connectivity index (χ1) is 11.4. The summed E-state index contributed by atoms with van der Waals surface area (Å²) in [6.45, 7) is 4.74. The Hall–Kier alpha value is -1.36. The zero-order chi connectivity index (χ0) is 15.5. The molecule has 5 heteroatoms. The van der Waals surface area contributed by atoms with Crippen molar-refractivity contribution in [3.05, 3.63) is 48.3 Å². The summed E-state index contributed by atoms with van der Waals surface area (Å²) in [6, 6.07) is 11.5. The molecule has 2 aliphatic rings. The van der Waals surface area contributed by atoms with E-state index in [1.165, 1.54) is 50.9 Å². The van der Waals surface area contributed by atoms with Crippen LogP contribution < -0.4 is 5.32 Å². The van der Waals surface area contributed by atoms with Gasteiger partial charge in [-0.15, -0.1) is 12.4 Å². The Labute approximate surface area is 150 Å². The zero-order valence-corrected chi connectivity index (χ0v) is 14.9. The molecular weight excluding hydrogens is 320 g/mol. The maximum atomic E-state index is 4.27. The molecule has 0 spiro atoms. The number of nitrogens with one attached hydrogen (secondary N) is 1. The Kier molecular flexibility index (Phi) is 5.93. The summed E-state index contributed by atoms with van der Waals surface area (Å²) in [4.78, 5) is 2.58. The number of halogens is 1. The van der Waals surface area contributed by atoms with Crippen LogP contribution in [0.3, 0.4) is 0 Å². The van der Waals surface area contributed by atoms with Gasteiger partial charge in [-0.05, 0) is 75.0 Å². The predicted octanol–water partition coefficient (Wildman–Crippen LogP) is 3.26. The molecule has 2 heterocycles. The molecule has 1 aromatic heterocycles. The van der Waals surface area contributed by atoms with Crippen molar-refractivity contribution in [3.8, 4) is 5.69 Å². The standard InChI is InChI=1S/C19H26N4.ClH/c1-10-21-23(11-1)19-6-4-17(5-7-19)15-22-12-8-18(9-13-22)20-14-16-2-3-16;/h1,4-7,10-11,16,18,20H,2-3,8-9,12-15H2;1H. The molecule has 130 valence electrons. The van der Waals surface area contributed by atoms with Crippen molar-refractivity contribution in [3.63, 3.8) is 0 Å². The average Bonchev–Trinajstić information content (AvgIpc) is 3.26. The highest BCUT2D eigenvalue weighted by atomic mass is 35.5. The number of aromatic nitrogens is 2. The summed E-state index contributed by atoms with van der Waals surface area (Å²) >= 11 is 0. The van der Waals surface area contributed by atoms with Gasteiger partial charge in [-0.25, -0.2) is 4.68 Å². The smallest absolute Gasteiger partial charge is 0.0645 e. The maximum Gasteiger partial charge on any atom is 0.0645 e. The minimum Gasteiger partial charge on any atom is -0.314 e. The predicted molar refractivity (Wildman–Crippen MR) is 99.8 cm³/mol. The van der Waals surface area contributed by atoms with Crippen molar-refractivity contribution in [1.82, 2.24) is 20.0 Å². The lowest BCUT2D eigenvalue weighted by Gasteiger charge is -2.32. The number of hydrogen-bond donors (Lipinski definition) is 1. The molecule has 0 atom stereocenters.